The third kappa shape index (κ3) is 3.17. The molecule has 16 heavy (non-hydrogen) atoms. The van der Waals surface area contributed by atoms with Crippen LogP contribution in [0.15, 0.2) is 44.7 Å². The van der Waals surface area contributed by atoms with Crippen LogP contribution in [-0.2, 0) is 6.42 Å². The van der Waals surface area contributed by atoms with E-state index >= 15 is 0 Å². The predicted octanol–water partition coefficient (Wildman–Crippen LogP) is 4.52. The highest BCUT2D eigenvalue weighted by Gasteiger charge is 2.09. The molecule has 0 saturated carbocycles. The van der Waals surface area contributed by atoms with Gasteiger partial charge in [0.25, 0.3) is 0 Å². The zero-order chi connectivity index (χ0) is 11.5. The molecular weight excluding hydrogens is 350 g/mol. The molecule has 1 heterocycles. The highest BCUT2D eigenvalue weighted by Crippen LogP contribution is 2.26. The second kappa shape index (κ2) is 5.45. The van der Waals surface area contributed by atoms with Crippen LogP contribution < -0.4 is 5.73 Å². The van der Waals surface area contributed by atoms with E-state index in [1.165, 1.54) is 10.4 Å². The first-order chi connectivity index (χ1) is 7.65. The fourth-order valence-corrected chi connectivity index (χ4v) is 3.44. The molecule has 0 bridgehead atoms. The second-order valence-corrected chi connectivity index (χ2v) is 6.38. The molecule has 1 aromatic heterocycles. The molecule has 1 nitrogen and oxygen atoms in total. The summed E-state index contributed by atoms with van der Waals surface area (Å²) in [6, 6.07) is 10.4. The first kappa shape index (κ1) is 12.3. The Morgan fingerprint density at radius 2 is 2.00 bits per heavy atom. The van der Waals surface area contributed by atoms with Crippen molar-refractivity contribution in [2.45, 2.75) is 12.5 Å². The van der Waals surface area contributed by atoms with Gasteiger partial charge in [0.15, 0.2) is 0 Å². The topological polar surface area (TPSA) is 26.0 Å². The van der Waals surface area contributed by atoms with Crippen molar-refractivity contribution < 1.29 is 0 Å². The highest BCUT2D eigenvalue weighted by atomic mass is 79.9. The second-order valence-electron chi connectivity index (χ2n) is 3.61. The van der Waals surface area contributed by atoms with E-state index in [2.05, 4.69) is 55.4 Å². The van der Waals surface area contributed by atoms with E-state index in [9.17, 15) is 0 Å². The molecule has 0 amide bonds. The molecule has 0 saturated heterocycles. The predicted molar refractivity (Wildman–Crippen MR) is 76.8 cm³/mol. The van der Waals surface area contributed by atoms with Crippen molar-refractivity contribution in [3.63, 3.8) is 0 Å². The van der Waals surface area contributed by atoms with Gasteiger partial charge in [-0.1, -0.05) is 28.1 Å². The van der Waals surface area contributed by atoms with Crippen molar-refractivity contribution in [2.75, 3.05) is 0 Å². The zero-order valence-corrected chi connectivity index (χ0v) is 12.5. The van der Waals surface area contributed by atoms with Crippen molar-refractivity contribution in [3.05, 3.63) is 55.1 Å². The average molecular weight is 361 g/mol. The van der Waals surface area contributed by atoms with E-state index in [-0.39, 0.29) is 6.04 Å². The molecule has 0 aliphatic heterocycles. The van der Waals surface area contributed by atoms with Gasteiger partial charge in [0.1, 0.15) is 0 Å². The molecule has 0 aliphatic rings. The summed E-state index contributed by atoms with van der Waals surface area (Å²) in [7, 11) is 0. The third-order valence-corrected chi connectivity index (χ3v) is 4.62. The Hall–Kier alpha value is -0.160. The number of hydrogen-bond donors (Lipinski definition) is 1. The van der Waals surface area contributed by atoms with Gasteiger partial charge < -0.3 is 5.73 Å². The third-order valence-electron chi connectivity index (χ3n) is 2.30. The van der Waals surface area contributed by atoms with Gasteiger partial charge in [-0.2, -0.15) is 0 Å². The van der Waals surface area contributed by atoms with Crippen molar-refractivity contribution in [2.24, 2.45) is 5.73 Å². The van der Waals surface area contributed by atoms with Crippen molar-refractivity contribution >= 4 is 43.2 Å². The summed E-state index contributed by atoms with van der Waals surface area (Å²) in [6.07, 6.45) is 0.867. The lowest BCUT2D eigenvalue weighted by Gasteiger charge is -2.09. The van der Waals surface area contributed by atoms with E-state index < -0.39 is 0 Å². The number of rotatable bonds is 3. The lowest BCUT2D eigenvalue weighted by Crippen LogP contribution is -2.11. The van der Waals surface area contributed by atoms with Gasteiger partial charge in [-0.25, -0.2) is 0 Å². The summed E-state index contributed by atoms with van der Waals surface area (Å²) in [6.45, 7) is 0. The van der Waals surface area contributed by atoms with Crippen LogP contribution in [-0.4, -0.2) is 0 Å². The van der Waals surface area contributed by atoms with Gasteiger partial charge in [-0.05, 0) is 46.1 Å². The maximum atomic E-state index is 6.16. The molecule has 4 heteroatoms. The van der Waals surface area contributed by atoms with Gasteiger partial charge in [0.2, 0.25) is 0 Å². The van der Waals surface area contributed by atoms with Gasteiger partial charge in [0.05, 0.1) is 0 Å². The van der Waals surface area contributed by atoms with E-state index in [0.29, 0.717) is 0 Å². The molecule has 2 N–H and O–H groups in total. The normalized spacial score (nSPS) is 12.7. The minimum Gasteiger partial charge on any atom is -0.323 e. The van der Waals surface area contributed by atoms with Gasteiger partial charge in [-0.3, -0.25) is 0 Å². The molecule has 2 rings (SSSR count). The van der Waals surface area contributed by atoms with E-state index in [4.69, 9.17) is 5.73 Å². The monoisotopic (exact) mass is 359 g/mol. The highest BCUT2D eigenvalue weighted by molar-refractivity contribution is 9.10. The number of benzene rings is 1. The summed E-state index contributed by atoms with van der Waals surface area (Å²) < 4.78 is 2.21. The molecule has 0 radical (unpaired) electrons. The standard InChI is InChI=1S/C12H11Br2NS/c13-9-3-1-2-8(4-9)5-11(15)12-6-10(14)7-16-12/h1-4,6-7,11H,5,15H2. The van der Waals surface area contributed by atoms with E-state index in [0.717, 1.165) is 15.4 Å². The van der Waals surface area contributed by atoms with Crippen LogP contribution in [0.3, 0.4) is 0 Å². The number of thiophene rings is 1. The van der Waals surface area contributed by atoms with Gasteiger partial charge in [0, 0.05) is 25.2 Å². The first-order valence-electron chi connectivity index (χ1n) is 4.89. The number of halogens is 2. The van der Waals surface area contributed by atoms with Crippen molar-refractivity contribution in [1.82, 2.24) is 0 Å². The quantitative estimate of drug-likeness (QED) is 0.855. The fourth-order valence-electron chi connectivity index (χ4n) is 1.54. The summed E-state index contributed by atoms with van der Waals surface area (Å²) in [5.41, 5.74) is 7.42. The molecule has 0 spiro atoms. The Morgan fingerprint density at radius 3 is 2.62 bits per heavy atom. The molecule has 0 aliphatic carbocycles. The molecule has 1 aromatic carbocycles. The lowest BCUT2D eigenvalue weighted by molar-refractivity contribution is 0.736. The molecule has 1 unspecified atom stereocenters. The SMILES string of the molecule is NC(Cc1cccc(Br)c1)c1cc(Br)cs1. The van der Waals surface area contributed by atoms with Crippen LogP contribution in [0, 0.1) is 0 Å². The minimum atomic E-state index is 0.0746. The lowest BCUT2D eigenvalue weighted by atomic mass is 10.1. The van der Waals surface area contributed by atoms with Crippen LogP contribution in [0.1, 0.15) is 16.5 Å². The number of hydrogen-bond acceptors (Lipinski definition) is 2. The molecule has 84 valence electrons. The smallest absolute Gasteiger partial charge is 0.0431 e. The summed E-state index contributed by atoms with van der Waals surface area (Å²) in [5.74, 6) is 0. The van der Waals surface area contributed by atoms with Crippen LogP contribution >= 0.6 is 43.2 Å². The van der Waals surface area contributed by atoms with E-state index in [1.54, 1.807) is 11.3 Å². The molecule has 2 aromatic rings. The Bertz CT molecular complexity index is 481. The van der Waals surface area contributed by atoms with Crippen molar-refractivity contribution in [3.8, 4) is 0 Å². The first-order valence-corrected chi connectivity index (χ1v) is 7.35. The van der Waals surface area contributed by atoms with Gasteiger partial charge in [-0.15, -0.1) is 11.3 Å². The van der Waals surface area contributed by atoms with E-state index in [1.807, 2.05) is 12.1 Å². The van der Waals surface area contributed by atoms with Crippen LogP contribution in [0.5, 0.6) is 0 Å². The largest absolute Gasteiger partial charge is 0.323 e. The van der Waals surface area contributed by atoms with Crippen LogP contribution in [0.25, 0.3) is 0 Å². The summed E-state index contributed by atoms with van der Waals surface area (Å²) in [5, 5.41) is 2.07. The Labute approximate surface area is 116 Å². The maximum Gasteiger partial charge on any atom is 0.0431 e. The molecular formula is C12H11Br2NS. The summed E-state index contributed by atoms with van der Waals surface area (Å²) in [4.78, 5) is 1.21. The minimum absolute atomic E-state index is 0.0746. The Kier molecular flexibility index (Phi) is 4.19. The van der Waals surface area contributed by atoms with Crippen molar-refractivity contribution in [1.29, 1.82) is 0 Å². The van der Waals surface area contributed by atoms with Gasteiger partial charge >= 0.3 is 0 Å². The number of nitrogens with two attached hydrogens (primary N) is 1. The van der Waals surface area contributed by atoms with Crippen LogP contribution in [0.2, 0.25) is 0 Å². The Morgan fingerprint density at radius 1 is 1.19 bits per heavy atom. The molecule has 0 fully saturated rings. The molecule has 1 atom stereocenters. The zero-order valence-electron chi connectivity index (χ0n) is 8.49. The summed E-state index contributed by atoms with van der Waals surface area (Å²) >= 11 is 8.61. The maximum absolute atomic E-state index is 6.16. The Balaban J connectivity index is 2.10. The van der Waals surface area contributed by atoms with Crippen LogP contribution in [0.4, 0.5) is 0 Å². The fraction of sp³-hybridized carbons (Fsp3) is 0.167. The average Bonchev–Trinajstić information content (AvgIpc) is 2.65.